The van der Waals surface area contributed by atoms with Gasteiger partial charge in [-0.1, -0.05) is 6.92 Å². The quantitative estimate of drug-likeness (QED) is 0.319. The van der Waals surface area contributed by atoms with Crippen LogP contribution in [0.1, 0.15) is 34.1 Å². The van der Waals surface area contributed by atoms with Gasteiger partial charge in [-0.2, -0.15) is 0 Å². The summed E-state index contributed by atoms with van der Waals surface area (Å²) in [6, 6.07) is 0. The summed E-state index contributed by atoms with van der Waals surface area (Å²) in [5.41, 5.74) is 5.21. The Hall–Kier alpha value is -1.45. The highest BCUT2D eigenvalue weighted by atomic mass is 28.1. The summed E-state index contributed by atoms with van der Waals surface area (Å²) in [7, 11) is 0. The largest absolute Gasteiger partial charge is 0.481 e. The molecule has 0 aromatic heterocycles. The molecule has 8 nitrogen and oxygen atoms in total. The van der Waals surface area contributed by atoms with Crippen LogP contribution in [0.25, 0.3) is 0 Å². The predicted octanol–water partition coefficient (Wildman–Crippen LogP) is -1.23. The molecule has 6 N–H and O–H groups in total. The minimum Gasteiger partial charge on any atom is -0.481 e. The maximum Gasteiger partial charge on any atom is 0.300 e. The van der Waals surface area contributed by atoms with E-state index in [0.717, 1.165) is 40.4 Å². The molecule has 0 bridgehead atoms. The molecule has 20 heavy (non-hydrogen) atoms. The van der Waals surface area contributed by atoms with Crippen LogP contribution in [-0.4, -0.2) is 63.8 Å². The average molecular weight is 314 g/mol. The van der Waals surface area contributed by atoms with E-state index in [1.54, 1.807) is 0 Å². The molecule has 0 aliphatic heterocycles. The molecule has 0 unspecified atom stereocenters. The summed E-state index contributed by atoms with van der Waals surface area (Å²) in [4.78, 5) is 27.0. The number of carbonyl (C=O) groups is 3. The van der Waals surface area contributed by atoms with Gasteiger partial charge in [-0.25, -0.2) is 0 Å². The van der Waals surface area contributed by atoms with E-state index in [9.17, 15) is 0 Å². The number of carboxylic acids is 3. The summed E-state index contributed by atoms with van der Waals surface area (Å²) in [6.45, 7) is 8.19. The lowest BCUT2D eigenvalue weighted by Gasteiger charge is -1.95. The van der Waals surface area contributed by atoms with Crippen LogP contribution >= 0.6 is 0 Å². The van der Waals surface area contributed by atoms with E-state index in [2.05, 4.69) is 12.2 Å². The molecule has 124 valence electrons. The van der Waals surface area contributed by atoms with Crippen LogP contribution in [0.3, 0.4) is 0 Å². The molecule has 0 fully saturated rings. The Bertz CT molecular complexity index is 182. The second-order valence-electron chi connectivity index (χ2n) is 3.10. The van der Waals surface area contributed by atoms with Crippen molar-refractivity contribution < 1.29 is 29.7 Å². The lowest BCUT2D eigenvalue weighted by Crippen LogP contribution is -2.22. The van der Waals surface area contributed by atoms with Crippen LogP contribution in [0.5, 0.6) is 0 Å². The highest BCUT2D eigenvalue weighted by Crippen LogP contribution is 1.65. The average Bonchev–Trinajstić information content (AvgIpc) is 2.15. The second-order valence-corrected chi connectivity index (χ2v) is 3.10. The van der Waals surface area contributed by atoms with Crippen molar-refractivity contribution in [2.45, 2.75) is 34.1 Å². The molecule has 0 aliphatic carbocycles. The van der Waals surface area contributed by atoms with Crippen LogP contribution < -0.4 is 11.1 Å². The second kappa shape index (κ2) is 30.5. The Morgan fingerprint density at radius 3 is 1.30 bits per heavy atom. The number of aliphatic carboxylic acids is 3. The van der Waals surface area contributed by atoms with Crippen LogP contribution in [-0.2, 0) is 14.4 Å². The van der Waals surface area contributed by atoms with E-state index in [1.807, 2.05) is 0 Å². The molecule has 0 saturated carbocycles. The first-order valence-electron chi connectivity index (χ1n) is 5.61. The molecule has 0 aliphatic rings. The fourth-order valence-electron chi connectivity index (χ4n) is 0.404. The van der Waals surface area contributed by atoms with E-state index in [4.69, 9.17) is 35.4 Å². The summed E-state index contributed by atoms with van der Waals surface area (Å²) in [6.07, 6.45) is 1.19. The highest BCUT2D eigenvalue weighted by molar-refractivity contribution is 5.75. The van der Waals surface area contributed by atoms with Crippen molar-refractivity contribution in [2.24, 2.45) is 5.73 Å². The summed E-state index contributed by atoms with van der Waals surface area (Å²) >= 11 is 0. The molecule has 9 heteroatoms. The summed E-state index contributed by atoms with van der Waals surface area (Å²) in [5, 5.41) is 25.4. The molecule has 0 amide bonds. The normalized spacial score (nSPS) is 7.05. The summed E-state index contributed by atoms with van der Waals surface area (Å²) in [5.74, 6) is -2.50. The van der Waals surface area contributed by atoms with Crippen molar-refractivity contribution in [3.05, 3.63) is 0 Å². The Labute approximate surface area is 124 Å². The van der Waals surface area contributed by atoms with Gasteiger partial charge in [0, 0.05) is 33.9 Å². The van der Waals surface area contributed by atoms with Crippen molar-refractivity contribution >= 4 is 28.9 Å². The van der Waals surface area contributed by atoms with Crippen LogP contribution in [0.15, 0.2) is 0 Å². The van der Waals surface area contributed by atoms with Crippen LogP contribution in [0, 0.1) is 0 Å². The standard InChI is InChI=1S/C5H14N2.3C2H4O2.H4Si/c1-2-4-7-5-3-6;3*1-2(3)4;/h7H,2-6H2,1H3;3*1H3,(H,3,4);1H4. The zero-order chi connectivity index (χ0) is 16.3. The van der Waals surface area contributed by atoms with Crippen molar-refractivity contribution in [3.63, 3.8) is 0 Å². The summed E-state index contributed by atoms with van der Waals surface area (Å²) < 4.78 is 0. The molecule has 0 aromatic carbocycles. The van der Waals surface area contributed by atoms with Gasteiger partial charge < -0.3 is 26.4 Å². The molecule has 0 heterocycles. The number of rotatable bonds is 4. The molecule has 0 rings (SSSR count). The lowest BCUT2D eigenvalue weighted by atomic mass is 10.5. The van der Waals surface area contributed by atoms with Crippen molar-refractivity contribution in [2.75, 3.05) is 19.6 Å². The first-order valence-corrected chi connectivity index (χ1v) is 5.61. The van der Waals surface area contributed by atoms with E-state index in [1.165, 1.54) is 6.42 Å². The van der Waals surface area contributed by atoms with Crippen molar-refractivity contribution in [1.82, 2.24) is 5.32 Å². The molecule has 0 saturated heterocycles. The van der Waals surface area contributed by atoms with E-state index in [-0.39, 0.29) is 11.0 Å². The maximum atomic E-state index is 9.00. The van der Waals surface area contributed by atoms with Gasteiger partial charge >= 0.3 is 0 Å². The molecule has 0 spiro atoms. The Kier molecular flexibility index (Phi) is 47.5. The van der Waals surface area contributed by atoms with Crippen LogP contribution in [0.4, 0.5) is 0 Å². The third kappa shape index (κ3) is 617. The molecular weight excluding hydrogens is 284 g/mol. The SMILES string of the molecule is CC(=O)O.CC(=O)O.CC(=O)O.CCCNCCN.[SiH4]. The third-order valence-corrected chi connectivity index (χ3v) is 0.748. The topological polar surface area (TPSA) is 150 Å². The molecule has 0 atom stereocenters. The van der Waals surface area contributed by atoms with E-state index < -0.39 is 17.9 Å². The minimum absolute atomic E-state index is 0. The first-order chi connectivity index (χ1) is 8.61. The molecule has 0 radical (unpaired) electrons. The smallest absolute Gasteiger partial charge is 0.300 e. The van der Waals surface area contributed by atoms with Gasteiger partial charge in [-0.3, -0.25) is 14.4 Å². The molecular formula is C11H30N2O6Si. The Morgan fingerprint density at radius 2 is 1.15 bits per heavy atom. The number of hydrogen-bond acceptors (Lipinski definition) is 5. The monoisotopic (exact) mass is 314 g/mol. The number of nitrogens with one attached hydrogen (secondary N) is 1. The zero-order valence-electron chi connectivity index (χ0n) is 12.0. The van der Waals surface area contributed by atoms with Gasteiger partial charge in [0.2, 0.25) is 0 Å². The van der Waals surface area contributed by atoms with Crippen molar-refractivity contribution in [1.29, 1.82) is 0 Å². The van der Waals surface area contributed by atoms with E-state index in [0.29, 0.717) is 0 Å². The fourth-order valence-corrected chi connectivity index (χ4v) is 0.404. The number of nitrogens with two attached hydrogens (primary N) is 1. The lowest BCUT2D eigenvalue weighted by molar-refractivity contribution is -0.135. The number of hydrogen-bond donors (Lipinski definition) is 5. The zero-order valence-corrected chi connectivity index (χ0v) is 12.0. The minimum atomic E-state index is -0.833. The van der Waals surface area contributed by atoms with Gasteiger partial charge in [-0.05, 0) is 23.9 Å². The van der Waals surface area contributed by atoms with Gasteiger partial charge in [0.25, 0.3) is 17.9 Å². The van der Waals surface area contributed by atoms with Gasteiger partial charge in [0.05, 0.1) is 0 Å². The van der Waals surface area contributed by atoms with Gasteiger partial charge in [0.1, 0.15) is 0 Å². The number of carboxylic acid groups (broad SMARTS) is 3. The first kappa shape index (κ1) is 31.1. The van der Waals surface area contributed by atoms with E-state index >= 15 is 0 Å². The Balaban J connectivity index is -0.0000000512. The third-order valence-electron chi connectivity index (χ3n) is 0.748. The highest BCUT2D eigenvalue weighted by Gasteiger charge is 1.76. The predicted molar refractivity (Wildman–Crippen MR) is 83.5 cm³/mol. The van der Waals surface area contributed by atoms with Gasteiger partial charge in [0.15, 0.2) is 0 Å². The van der Waals surface area contributed by atoms with Crippen molar-refractivity contribution in [3.8, 4) is 0 Å². The van der Waals surface area contributed by atoms with Gasteiger partial charge in [-0.15, -0.1) is 0 Å². The molecule has 0 aromatic rings. The van der Waals surface area contributed by atoms with Crippen LogP contribution in [0.2, 0.25) is 0 Å². The Morgan fingerprint density at radius 1 is 0.900 bits per heavy atom. The fraction of sp³-hybridized carbons (Fsp3) is 0.727. The maximum absolute atomic E-state index is 9.00.